The molecule has 2 aliphatic rings. The van der Waals surface area contributed by atoms with Gasteiger partial charge in [0.25, 0.3) is 0 Å². The molecule has 0 radical (unpaired) electrons. The minimum Gasteiger partial charge on any atom is -0.474 e. The number of aromatic nitrogens is 2. The van der Waals surface area contributed by atoms with E-state index in [1.807, 2.05) is 18.5 Å². The maximum absolute atomic E-state index is 6.25. The van der Waals surface area contributed by atoms with Crippen LogP contribution >= 0.6 is 0 Å². The van der Waals surface area contributed by atoms with Crippen LogP contribution in [0.25, 0.3) is 22.0 Å². The summed E-state index contributed by atoms with van der Waals surface area (Å²) in [5, 5.41) is 1.22. The summed E-state index contributed by atoms with van der Waals surface area (Å²) in [4.78, 5) is 10.4. The second-order valence-corrected chi connectivity index (χ2v) is 7.31. The van der Waals surface area contributed by atoms with Crippen LogP contribution in [0, 0.1) is 5.92 Å². The highest BCUT2D eigenvalue weighted by atomic mass is 16.5. The molecule has 1 N–H and O–H groups in total. The summed E-state index contributed by atoms with van der Waals surface area (Å²) in [6, 6.07) is 12.7. The van der Waals surface area contributed by atoms with Gasteiger partial charge < -0.3 is 14.6 Å². The molecule has 3 aromatic rings. The minimum absolute atomic E-state index is 0.325. The SMILES string of the molecule is c1cc2cc(-c3ccc(O[C@H]4CCN5CCCC4C5)nc3)ccc2[nH]1. The summed E-state index contributed by atoms with van der Waals surface area (Å²) in [6.07, 6.45) is 7.94. The maximum Gasteiger partial charge on any atom is 0.213 e. The Bertz CT molecular complexity index is 870. The number of rotatable bonds is 3. The first kappa shape index (κ1) is 15.0. The van der Waals surface area contributed by atoms with Crippen molar-refractivity contribution in [1.29, 1.82) is 0 Å². The zero-order valence-electron chi connectivity index (χ0n) is 14.3. The van der Waals surface area contributed by atoms with Crippen molar-refractivity contribution in [1.82, 2.24) is 14.9 Å². The van der Waals surface area contributed by atoms with Crippen LogP contribution in [-0.4, -0.2) is 40.6 Å². The molecule has 0 saturated carbocycles. The summed E-state index contributed by atoms with van der Waals surface area (Å²) in [6.45, 7) is 3.62. The van der Waals surface area contributed by atoms with Crippen molar-refractivity contribution in [3.8, 4) is 17.0 Å². The third-order valence-electron chi connectivity index (χ3n) is 5.69. The number of hydrogen-bond acceptors (Lipinski definition) is 3. The summed E-state index contributed by atoms with van der Waals surface area (Å²) in [5.41, 5.74) is 3.48. The Labute approximate surface area is 147 Å². The van der Waals surface area contributed by atoms with E-state index in [0.717, 1.165) is 29.9 Å². The van der Waals surface area contributed by atoms with Gasteiger partial charge in [0.1, 0.15) is 6.10 Å². The molecule has 2 saturated heterocycles. The molecule has 0 aliphatic carbocycles. The van der Waals surface area contributed by atoms with Crippen molar-refractivity contribution >= 4 is 10.9 Å². The molecule has 2 fully saturated rings. The lowest BCUT2D eigenvalue weighted by Crippen LogP contribution is -2.49. The van der Waals surface area contributed by atoms with Crippen LogP contribution in [0.1, 0.15) is 19.3 Å². The molecule has 2 bridgehead atoms. The van der Waals surface area contributed by atoms with Crippen LogP contribution < -0.4 is 4.74 Å². The molecule has 1 aromatic carbocycles. The standard InChI is InChI=1S/C21H23N3O/c1-2-18-14-24(10-1)11-8-20(18)25-21-6-4-17(13-23-21)15-3-5-19-16(12-15)7-9-22-19/h3-7,9,12-13,18,20,22H,1-2,8,10-11,14H2/t18?,20-/m0/s1. The Morgan fingerprint density at radius 1 is 1.04 bits per heavy atom. The number of nitrogens with zero attached hydrogens (tertiary/aromatic N) is 2. The number of fused-ring (bicyclic) bond motifs is 3. The maximum atomic E-state index is 6.25. The molecule has 2 aliphatic heterocycles. The number of hydrogen-bond donors (Lipinski definition) is 1. The predicted molar refractivity (Wildman–Crippen MR) is 99.7 cm³/mol. The zero-order chi connectivity index (χ0) is 16.6. The highest BCUT2D eigenvalue weighted by Crippen LogP contribution is 2.30. The average Bonchev–Trinajstić information content (AvgIpc) is 3.13. The molecule has 0 spiro atoms. The highest BCUT2D eigenvalue weighted by Gasteiger charge is 2.33. The Morgan fingerprint density at radius 2 is 2.00 bits per heavy atom. The molecule has 4 heterocycles. The molecule has 4 nitrogen and oxygen atoms in total. The number of ether oxygens (including phenoxy) is 1. The van der Waals surface area contributed by atoms with Gasteiger partial charge >= 0.3 is 0 Å². The van der Waals surface area contributed by atoms with E-state index in [0.29, 0.717) is 12.0 Å². The van der Waals surface area contributed by atoms with Gasteiger partial charge in [-0.3, -0.25) is 0 Å². The summed E-state index contributed by atoms with van der Waals surface area (Å²) >= 11 is 0. The largest absolute Gasteiger partial charge is 0.474 e. The van der Waals surface area contributed by atoms with Gasteiger partial charge in [0, 0.05) is 48.5 Å². The first-order chi connectivity index (χ1) is 12.3. The van der Waals surface area contributed by atoms with E-state index in [1.54, 1.807) is 0 Å². The summed E-state index contributed by atoms with van der Waals surface area (Å²) in [5.74, 6) is 1.43. The van der Waals surface area contributed by atoms with Crippen LogP contribution in [0.15, 0.2) is 48.8 Å². The van der Waals surface area contributed by atoms with E-state index >= 15 is 0 Å². The lowest BCUT2D eigenvalue weighted by Gasteiger charge is -2.42. The Balaban J connectivity index is 1.32. The van der Waals surface area contributed by atoms with Crippen LogP contribution in [0.2, 0.25) is 0 Å². The van der Waals surface area contributed by atoms with Crippen molar-refractivity contribution in [3.63, 3.8) is 0 Å². The molecule has 0 amide bonds. The van der Waals surface area contributed by atoms with Crippen molar-refractivity contribution in [2.45, 2.75) is 25.4 Å². The Hall–Kier alpha value is -2.33. The topological polar surface area (TPSA) is 41.1 Å². The molecule has 2 aromatic heterocycles. The van der Waals surface area contributed by atoms with Crippen molar-refractivity contribution < 1.29 is 4.74 Å². The van der Waals surface area contributed by atoms with Crippen LogP contribution in [-0.2, 0) is 0 Å². The number of pyridine rings is 1. The number of aromatic amines is 1. The third kappa shape index (κ3) is 2.91. The molecule has 4 heteroatoms. The summed E-state index contributed by atoms with van der Waals surface area (Å²) in [7, 11) is 0. The van der Waals surface area contributed by atoms with E-state index in [1.165, 1.54) is 36.9 Å². The monoisotopic (exact) mass is 333 g/mol. The fourth-order valence-corrected chi connectivity index (χ4v) is 4.31. The smallest absolute Gasteiger partial charge is 0.213 e. The van der Waals surface area contributed by atoms with E-state index in [4.69, 9.17) is 4.74 Å². The average molecular weight is 333 g/mol. The fraction of sp³-hybridized carbons (Fsp3) is 0.381. The quantitative estimate of drug-likeness (QED) is 0.785. The molecule has 2 unspecified atom stereocenters. The number of nitrogens with one attached hydrogen (secondary N) is 1. The van der Waals surface area contributed by atoms with Crippen molar-refractivity contribution in [2.24, 2.45) is 5.92 Å². The number of H-pyrrole nitrogens is 1. The lowest BCUT2D eigenvalue weighted by molar-refractivity contribution is 0.0128. The first-order valence-electron chi connectivity index (χ1n) is 9.28. The third-order valence-corrected chi connectivity index (χ3v) is 5.69. The molecule has 5 rings (SSSR count). The normalized spacial score (nSPS) is 25.8. The van der Waals surface area contributed by atoms with E-state index < -0.39 is 0 Å². The van der Waals surface area contributed by atoms with Gasteiger partial charge in [-0.15, -0.1) is 0 Å². The summed E-state index contributed by atoms with van der Waals surface area (Å²) < 4.78 is 6.25. The molecule has 3 atom stereocenters. The second kappa shape index (κ2) is 6.19. The Morgan fingerprint density at radius 3 is 2.92 bits per heavy atom. The Kier molecular flexibility index (Phi) is 3.71. The van der Waals surface area contributed by atoms with Crippen LogP contribution in [0.3, 0.4) is 0 Å². The number of benzene rings is 1. The molecule has 128 valence electrons. The zero-order valence-corrected chi connectivity index (χ0v) is 14.3. The van der Waals surface area contributed by atoms with Gasteiger partial charge in [0.2, 0.25) is 5.88 Å². The molecular weight excluding hydrogens is 310 g/mol. The molecule has 25 heavy (non-hydrogen) atoms. The van der Waals surface area contributed by atoms with Crippen LogP contribution in [0.5, 0.6) is 5.88 Å². The predicted octanol–water partition coefficient (Wildman–Crippen LogP) is 4.09. The van der Waals surface area contributed by atoms with Gasteiger partial charge in [0.05, 0.1) is 0 Å². The van der Waals surface area contributed by atoms with Gasteiger partial charge in [-0.1, -0.05) is 6.07 Å². The lowest BCUT2D eigenvalue weighted by atomic mass is 9.87. The van der Waals surface area contributed by atoms with Crippen LogP contribution in [0.4, 0.5) is 0 Å². The highest BCUT2D eigenvalue weighted by molar-refractivity contribution is 5.84. The van der Waals surface area contributed by atoms with Gasteiger partial charge in [-0.05, 0) is 61.0 Å². The van der Waals surface area contributed by atoms with E-state index in [2.05, 4.69) is 45.2 Å². The van der Waals surface area contributed by atoms with Gasteiger partial charge in [-0.25, -0.2) is 4.98 Å². The van der Waals surface area contributed by atoms with Gasteiger partial charge in [0.15, 0.2) is 0 Å². The fourth-order valence-electron chi connectivity index (χ4n) is 4.31. The minimum atomic E-state index is 0.325. The molecular formula is C21H23N3O. The second-order valence-electron chi connectivity index (χ2n) is 7.31. The number of piperidine rings is 2. The van der Waals surface area contributed by atoms with Crippen molar-refractivity contribution in [2.75, 3.05) is 19.6 Å². The van der Waals surface area contributed by atoms with Crippen molar-refractivity contribution in [3.05, 3.63) is 48.8 Å². The first-order valence-corrected chi connectivity index (χ1v) is 9.28. The van der Waals surface area contributed by atoms with E-state index in [-0.39, 0.29) is 0 Å². The van der Waals surface area contributed by atoms with E-state index in [9.17, 15) is 0 Å². The van der Waals surface area contributed by atoms with Gasteiger partial charge in [-0.2, -0.15) is 0 Å².